The molecule has 116 valence electrons. The van der Waals surface area contributed by atoms with Crippen LogP contribution in [0.4, 0.5) is 0 Å². The zero-order chi connectivity index (χ0) is 16.9. The van der Waals surface area contributed by atoms with E-state index in [-0.39, 0.29) is 10.1 Å². The van der Waals surface area contributed by atoms with Crippen molar-refractivity contribution in [3.63, 3.8) is 0 Å². The predicted octanol–water partition coefficient (Wildman–Crippen LogP) is 4.70. The summed E-state index contributed by atoms with van der Waals surface area (Å²) in [4.78, 5) is 22.6. The van der Waals surface area contributed by atoms with Gasteiger partial charge in [-0.3, -0.25) is 4.79 Å². The Morgan fingerprint density at radius 3 is 1.95 bits per heavy atom. The maximum Gasteiger partial charge on any atom is 0.372 e. The van der Waals surface area contributed by atoms with Crippen LogP contribution in [0.15, 0.2) is 51.7 Å². The second kappa shape index (κ2) is 8.25. The number of carbonyl (C=O) groups excluding carboxylic acids is 1. The molecule has 1 aromatic carbocycles. The van der Waals surface area contributed by atoms with E-state index in [4.69, 9.17) is 56.6 Å². The molecule has 0 aliphatic heterocycles. The fraction of sp³-hybridized carbons (Fsp3) is 0. The van der Waals surface area contributed by atoms with Crippen LogP contribution in [-0.4, -0.2) is 22.0 Å². The minimum Gasteiger partial charge on any atom is -0.501 e. The number of carboxylic acids is 1. The van der Waals surface area contributed by atoms with Gasteiger partial charge in [0.05, 0.1) is 10.6 Å². The number of allylic oxidation sites excluding steroid dienone is 4. The third kappa shape index (κ3) is 5.07. The third-order valence-corrected chi connectivity index (χ3v) is 3.31. The molecule has 0 aliphatic carbocycles. The second-order valence-electron chi connectivity index (χ2n) is 3.84. The summed E-state index contributed by atoms with van der Waals surface area (Å²) >= 11 is 22.7. The van der Waals surface area contributed by atoms with E-state index in [2.05, 4.69) is 0 Å². The number of ketones is 1. The van der Waals surface area contributed by atoms with Crippen LogP contribution in [0.1, 0.15) is 5.56 Å². The lowest BCUT2D eigenvalue weighted by atomic mass is 10.0. The summed E-state index contributed by atoms with van der Waals surface area (Å²) in [5.74, 6) is -3.33. The van der Waals surface area contributed by atoms with Crippen molar-refractivity contribution in [2.75, 3.05) is 0 Å². The molecule has 22 heavy (non-hydrogen) atoms. The average Bonchev–Trinajstić information content (AvgIpc) is 2.45. The minimum atomic E-state index is -1.62. The van der Waals surface area contributed by atoms with Crippen LogP contribution in [0.2, 0.25) is 5.02 Å². The number of aliphatic hydroxyl groups is 1. The van der Waals surface area contributed by atoms with Crippen molar-refractivity contribution in [1.82, 2.24) is 0 Å². The van der Waals surface area contributed by atoms with Gasteiger partial charge >= 0.3 is 5.97 Å². The number of rotatable bonds is 5. The van der Waals surface area contributed by atoms with E-state index in [0.29, 0.717) is 10.6 Å². The summed E-state index contributed by atoms with van der Waals surface area (Å²) in [5, 5.41) is 17.6. The van der Waals surface area contributed by atoms with Crippen LogP contribution in [-0.2, 0) is 9.59 Å². The number of aliphatic carboxylic acids is 1. The Balaban J connectivity index is 3.13. The fourth-order valence-corrected chi connectivity index (χ4v) is 2.05. The molecule has 0 atom stereocenters. The lowest BCUT2D eigenvalue weighted by molar-refractivity contribution is -0.135. The maximum absolute atomic E-state index is 12.1. The van der Waals surface area contributed by atoms with Gasteiger partial charge in [-0.2, -0.15) is 0 Å². The number of benzene rings is 1. The Labute approximate surface area is 145 Å². The molecular formula is C14H8Cl4O4. The summed E-state index contributed by atoms with van der Waals surface area (Å²) in [6.45, 7) is 0. The van der Waals surface area contributed by atoms with E-state index in [1.54, 1.807) is 24.3 Å². The molecule has 2 N–H and O–H groups in total. The molecule has 1 rings (SSSR count). The largest absolute Gasteiger partial charge is 0.501 e. The highest BCUT2D eigenvalue weighted by molar-refractivity contribution is 6.62. The Bertz CT molecular complexity index is 683. The van der Waals surface area contributed by atoms with E-state index in [9.17, 15) is 9.59 Å². The second-order valence-corrected chi connectivity index (χ2v) is 5.63. The van der Waals surface area contributed by atoms with Gasteiger partial charge in [0.1, 0.15) is 4.49 Å². The van der Waals surface area contributed by atoms with Crippen LogP contribution < -0.4 is 0 Å². The van der Waals surface area contributed by atoms with Gasteiger partial charge in [-0.05, 0) is 29.8 Å². The predicted molar refractivity (Wildman–Crippen MR) is 87.4 cm³/mol. The van der Waals surface area contributed by atoms with Crippen molar-refractivity contribution in [3.8, 4) is 0 Å². The van der Waals surface area contributed by atoms with Crippen LogP contribution in [0.25, 0.3) is 5.57 Å². The topological polar surface area (TPSA) is 74.6 Å². The van der Waals surface area contributed by atoms with E-state index in [0.717, 1.165) is 12.2 Å². The first-order valence-electron chi connectivity index (χ1n) is 5.59. The van der Waals surface area contributed by atoms with Gasteiger partial charge in [0.2, 0.25) is 5.76 Å². The van der Waals surface area contributed by atoms with Gasteiger partial charge < -0.3 is 10.2 Å². The van der Waals surface area contributed by atoms with Crippen molar-refractivity contribution in [2.45, 2.75) is 0 Å². The minimum absolute atomic E-state index is 0.0180. The molecule has 0 unspecified atom stereocenters. The summed E-state index contributed by atoms with van der Waals surface area (Å²) in [6, 6.07) is 6.18. The SMILES string of the molecule is O=C(O)C(O)=C(Cl)C=CC(=O)C(=C(Cl)Cl)c1ccc(Cl)cc1. The summed E-state index contributed by atoms with van der Waals surface area (Å²) < 4.78 is -0.278. The smallest absolute Gasteiger partial charge is 0.372 e. The molecule has 8 heteroatoms. The van der Waals surface area contributed by atoms with Gasteiger partial charge in [0, 0.05) is 5.02 Å². The van der Waals surface area contributed by atoms with Crippen molar-refractivity contribution >= 4 is 63.7 Å². The van der Waals surface area contributed by atoms with E-state index in [1.807, 2.05) is 0 Å². The zero-order valence-corrected chi connectivity index (χ0v) is 13.7. The van der Waals surface area contributed by atoms with Gasteiger partial charge in [-0.25, -0.2) is 4.79 Å². The Kier molecular flexibility index (Phi) is 6.97. The monoisotopic (exact) mass is 380 g/mol. The van der Waals surface area contributed by atoms with Gasteiger partial charge in [0.25, 0.3) is 0 Å². The standard InChI is InChI=1S/C14H8Cl4O4/c15-8-3-1-7(2-4-8)11(13(17)18)10(19)6-5-9(16)12(20)14(21)22/h1-6,20H,(H,21,22). The number of carboxylic acid groups (broad SMARTS) is 1. The molecule has 4 nitrogen and oxygen atoms in total. The highest BCUT2D eigenvalue weighted by Gasteiger charge is 2.15. The number of aliphatic hydroxyl groups excluding tert-OH is 1. The summed E-state index contributed by atoms with van der Waals surface area (Å²) in [5.41, 5.74) is 0.400. The van der Waals surface area contributed by atoms with Crippen LogP contribution >= 0.6 is 46.4 Å². The van der Waals surface area contributed by atoms with Crippen LogP contribution in [0.3, 0.4) is 0 Å². The van der Waals surface area contributed by atoms with Gasteiger partial charge in [0.15, 0.2) is 5.78 Å². The molecule has 1 aromatic rings. The van der Waals surface area contributed by atoms with Crippen molar-refractivity contribution in [2.24, 2.45) is 0 Å². The normalized spacial score (nSPS) is 12.0. The molecular weight excluding hydrogens is 374 g/mol. The zero-order valence-electron chi connectivity index (χ0n) is 10.7. The molecule has 0 radical (unpaired) electrons. The highest BCUT2D eigenvalue weighted by Crippen LogP contribution is 2.27. The van der Waals surface area contributed by atoms with E-state index >= 15 is 0 Å². The van der Waals surface area contributed by atoms with Gasteiger partial charge in [-0.1, -0.05) is 58.5 Å². The van der Waals surface area contributed by atoms with Crippen molar-refractivity contribution in [1.29, 1.82) is 0 Å². The summed E-state index contributed by atoms with van der Waals surface area (Å²) in [7, 11) is 0. The van der Waals surface area contributed by atoms with E-state index in [1.165, 1.54) is 0 Å². The molecule has 0 fully saturated rings. The lowest BCUT2D eigenvalue weighted by Gasteiger charge is -2.05. The lowest BCUT2D eigenvalue weighted by Crippen LogP contribution is -2.02. The van der Waals surface area contributed by atoms with Crippen molar-refractivity contribution in [3.05, 3.63) is 62.3 Å². The maximum atomic E-state index is 12.1. The Morgan fingerprint density at radius 1 is 0.955 bits per heavy atom. The quantitative estimate of drug-likeness (QED) is 0.440. The molecule has 0 aromatic heterocycles. The first-order chi connectivity index (χ1) is 10.2. The number of carbonyl (C=O) groups is 2. The van der Waals surface area contributed by atoms with E-state index < -0.39 is 22.5 Å². The average molecular weight is 382 g/mol. The number of hydrogen-bond acceptors (Lipinski definition) is 3. The first kappa shape index (κ1) is 18.6. The third-order valence-electron chi connectivity index (χ3n) is 2.38. The number of halogens is 4. The highest BCUT2D eigenvalue weighted by atomic mass is 35.5. The molecule has 0 spiro atoms. The van der Waals surface area contributed by atoms with Gasteiger partial charge in [-0.15, -0.1) is 0 Å². The Hall–Kier alpha value is -1.46. The first-order valence-corrected chi connectivity index (χ1v) is 7.11. The summed E-state index contributed by atoms with van der Waals surface area (Å²) in [6.07, 6.45) is 1.87. The molecule has 0 saturated carbocycles. The van der Waals surface area contributed by atoms with Crippen LogP contribution in [0.5, 0.6) is 0 Å². The molecule has 0 heterocycles. The molecule has 0 amide bonds. The molecule has 0 saturated heterocycles. The van der Waals surface area contributed by atoms with Crippen LogP contribution in [0, 0.1) is 0 Å². The Morgan fingerprint density at radius 2 is 1.50 bits per heavy atom. The molecule has 0 bridgehead atoms. The molecule has 0 aliphatic rings. The number of hydrogen-bond donors (Lipinski definition) is 2. The van der Waals surface area contributed by atoms with Crippen molar-refractivity contribution < 1.29 is 19.8 Å². The fourth-order valence-electron chi connectivity index (χ4n) is 1.37.